The number of para-hydroxylation sites is 1. The molecule has 0 aliphatic rings. The Morgan fingerprint density at radius 2 is 1.67 bits per heavy atom. The summed E-state index contributed by atoms with van der Waals surface area (Å²) in [5, 5.41) is 13.2. The Labute approximate surface area is 138 Å². The molecule has 0 aliphatic carbocycles. The third-order valence-electron chi connectivity index (χ3n) is 3.06. The lowest BCUT2D eigenvalue weighted by Gasteiger charge is -2.07. The normalized spacial score (nSPS) is 11.0. The van der Waals surface area contributed by atoms with Crippen molar-refractivity contribution >= 4 is 27.3 Å². The van der Waals surface area contributed by atoms with E-state index >= 15 is 0 Å². The maximum atomic E-state index is 12.0. The number of anilines is 1. The number of rotatable bonds is 7. The van der Waals surface area contributed by atoms with Crippen LogP contribution in [0.3, 0.4) is 0 Å². The molecule has 0 fully saturated rings. The number of nitrogens with one attached hydrogen (secondary N) is 2. The van der Waals surface area contributed by atoms with E-state index in [0.717, 1.165) is 24.3 Å². The number of nitrogens with zero attached hydrogens (tertiary/aromatic N) is 1. The highest BCUT2D eigenvalue weighted by atomic mass is 32.2. The van der Waals surface area contributed by atoms with Gasteiger partial charge in [0.05, 0.1) is 9.82 Å². The van der Waals surface area contributed by atoms with Gasteiger partial charge in [0.15, 0.2) is 0 Å². The van der Waals surface area contributed by atoms with Crippen LogP contribution in [0.2, 0.25) is 0 Å². The zero-order valence-corrected chi connectivity index (χ0v) is 13.3. The first-order chi connectivity index (χ1) is 11.4. The summed E-state index contributed by atoms with van der Waals surface area (Å²) in [4.78, 5) is 21.6. The summed E-state index contributed by atoms with van der Waals surface area (Å²) in [6.45, 7) is -0.0853. The van der Waals surface area contributed by atoms with Crippen molar-refractivity contribution < 1.29 is 18.1 Å². The van der Waals surface area contributed by atoms with Crippen LogP contribution in [0.1, 0.15) is 6.42 Å². The van der Waals surface area contributed by atoms with E-state index in [9.17, 15) is 23.3 Å². The smallest absolute Gasteiger partial charge is 0.269 e. The lowest BCUT2D eigenvalue weighted by molar-refractivity contribution is -0.384. The fraction of sp³-hybridized carbons (Fsp3) is 0.133. The molecule has 9 heteroatoms. The van der Waals surface area contributed by atoms with E-state index in [1.165, 1.54) is 0 Å². The minimum Gasteiger partial charge on any atom is -0.326 e. The SMILES string of the molecule is O=C(CCNS(=O)(=O)c1ccc([N+](=O)[O-])cc1)Nc1ccccc1. The van der Waals surface area contributed by atoms with E-state index < -0.39 is 14.9 Å². The second kappa shape index (κ2) is 7.66. The molecule has 0 saturated carbocycles. The van der Waals surface area contributed by atoms with Crippen molar-refractivity contribution in [2.45, 2.75) is 11.3 Å². The molecule has 2 N–H and O–H groups in total. The highest BCUT2D eigenvalue weighted by molar-refractivity contribution is 7.89. The Morgan fingerprint density at radius 1 is 1.04 bits per heavy atom. The van der Waals surface area contributed by atoms with Gasteiger partial charge in [-0.1, -0.05) is 18.2 Å². The Hall–Kier alpha value is -2.78. The average Bonchev–Trinajstić information content (AvgIpc) is 2.55. The monoisotopic (exact) mass is 349 g/mol. The minimum atomic E-state index is -3.82. The minimum absolute atomic E-state index is 0.0406. The Bertz CT molecular complexity index is 820. The fourth-order valence-corrected chi connectivity index (χ4v) is 2.91. The number of nitro benzene ring substituents is 1. The molecule has 24 heavy (non-hydrogen) atoms. The largest absolute Gasteiger partial charge is 0.326 e. The van der Waals surface area contributed by atoms with Crippen LogP contribution in [-0.2, 0) is 14.8 Å². The van der Waals surface area contributed by atoms with Crippen LogP contribution in [0.4, 0.5) is 11.4 Å². The summed E-state index contributed by atoms with van der Waals surface area (Å²) in [6, 6.07) is 13.3. The summed E-state index contributed by atoms with van der Waals surface area (Å²) < 4.78 is 26.4. The molecule has 0 aliphatic heterocycles. The van der Waals surface area contributed by atoms with Gasteiger partial charge in [0.2, 0.25) is 15.9 Å². The van der Waals surface area contributed by atoms with E-state index in [1.807, 2.05) is 6.07 Å². The molecule has 2 rings (SSSR count). The van der Waals surface area contributed by atoms with Crippen molar-refractivity contribution in [2.75, 3.05) is 11.9 Å². The van der Waals surface area contributed by atoms with Gasteiger partial charge in [-0.25, -0.2) is 13.1 Å². The lowest BCUT2D eigenvalue weighted by Crippen LogP contribution is -2.27. The second-order valence-electron chi connectivity index (χ2n) is 4.81. The van der Waals surface area contributed by atoms with Gasteiger partial charge in [0.1, 0.15) is 0 Å². The molecular weight excluding hydrogens is 334 g/mol. The number of non-ortho nitro benzene ring substituents is 1. The number of amides is 1. The number of nitro groups is 1. The Kier molecular flexibility index (Phi) is 5.61. The van der Waals surface area contributed by atoms with Crippen LogP contribution >= 0.6 is 0 Å². The topological polar surface area (TPSA) is 118 Å². The highest BCUT2D eigenvalue weighted by Gasteiger charge is 2.16. The van der Waals surface area contributed by atoms with Gasteiger partial charge in [0, 0.05) is 30.8 Å². The maximum Gasteiger partial charge on any atom is 0.269 e. The zero-order valence-electron chi connectivity index (χ0n) is 12.5. The lowest BCUT2D eigenvalue weighted by atomic mass is 10.3. The number of sulfonamides is 1. The van der Waals surface area contributed by atoms with Crippen LogP contribution in [0.5, 0.6) is 0 Å². The summed E-state index contributed by atoms with van der Waals surface area (Å²) in [6.07, 6.45) is -0.0406. The van der Waals surface area contributed by atoms with Gasteiger partial charge in [-0.15, -0.1) is 0 Å². The van der Waals surface area contributed by atoms with Gasteiger partial charge in [-0.2, -0.15) is 0 Å². The second-order valence-corrected chi connectivity index (χ2v) is 6.58. The zero-order chi connectivity index (χ0) is 17.6. The van der Waals surface area contributed by atoms with Crippen molar-refractivity contribution in [3.05, 3.63) is 64.7 Å². The van der Waals surface area contributed by atoms with Gasteiger partial charge in [0.25, 0.3) is 5.69 Å². The van der Waals surface area contributed by atoms with Crippen molar-refractivity contribution in [1.82, 2.24) is 4.72 Å². The molecule has 126 valence electrons. The van der Waals surface area contributed by atoms with Crippen LogP contribution in [0, 0.1) is 10.1 Å². The molecule has 0 bridgehead atoms. The van der Waals surface area contributed by atoms with Crippen LogP contribution < -0.4 is 10.0 Å². The molecule has 2 aromatic carbocycles. The van der Waals surface area contributed by atoms with Crippen LogP contribution in [-0.4, -0.2) is 25.8 Å². The van der Waals surface area contributed by atoms with E-state index in [-0.39, 0.29) is 29.5 Å². The molecule has 0 heterocycles. The first kappa shape index (κ1) is 17.6. The standard InChI is InChI=1S/C15H15N3O5S/c19-15(17-12-4-2-1-3-5-12)10-11-16-24(22,23)14-8-6-13(7-9-14)18(20)21/h1-9,16H,10-11H2,(H,17,19). The first-order valence-electron chi connectivity index (χ1n) is 6.97. The van der Waals surface area contributed by atoms with Gasteiger partial charge < -0.3 is 5.32 Å². The average molecular weight is 349 g/mol. The Morgan fingerprint density at radius 3 is 2.25 bits per heavy atom. The number of hydrogen-bond acceptors (Lipinski definition) is 5. The molecule has 2 aromatic rings. The summed E-state index contributed by atoms with van der Waals surface area (Å²) in [7, 11) is -3.82. The van der Waals surface area contributed by atoms with E-state index in [1.54, 1.807) is 24.3 Å². The Balaban J connectivity index is 1.88. The van der Waals surface area contributed by atoms with Crippen molar-refractivity contribution in [3.63, 3.8) is 0 Å². The predicted molar refractivity (Wildman–Crippen MR) is 88.0 cm³/mol. The third kappa shape index (κ3) is 4.86. The molecular formula is C15H15N3O5S. The van der Waals surface area contributed by atoms with Crippen molar-refractivity contribution in [1.29, 1.82) is 0 Å². The molecule has 0 aromatic heterocycles. The quantitative estimate of drug-likeness (QED) is 0.584. The number of carbonyl (C=O) groups excluding carboxylic acids is 1. The molecule has 0 radical (unpaired) electrons. The summed E-state index contributed by atoms with van der Waals surface area (Å²) >= 11 is 0. The molecule has 1 amide bonds. The van der Waals surface area contributed by atoms with E-state index in [2.05, 4.69) is 10.0 Å². The van der Waals surface area contributed by atoms with Gasteiger partial charge in [-0.05, 0) is 24.3 Å². The van der Waals surface area contributed by atoms with Crippen molar-refractivity contribution in [3.8, 4) is 0 Å². The van der Waals surface area contributed by atoms with E-state index in [4.69, 9.17) is 0 Å². The number of carbonyl (C=O) groups is 1. The van der Waals surface area contributed by atoms with E-state index in [0.29, 0.717) is 5.69 Å². The maximum absolute atomic E-state index is 12.0. The van der Waals surface area contributed by atoms with Crippen LogP contribution in [0.15, 0.2) is 59.5 Å². The van der Waals surface area contributed by atoms with Crippen molar-refractivity contribution in [2.24, 2.45) is 0 Å². The predicted octanol–water partition coefficient (Wildman–Crippen LogP) is 1.90. The molecule has 0 unspecified atom stereocenters. The molecule has 8 nitrogen and oxygen atoms in total. The summed E-state index contributed by atoms with van der Waals surface area (Å²) in [5.41, 5.74) is 0.428. The first-order valence-corrected chi connectivity index (χ1v) is 8.46. The molecule has 0 atom stereocenters. The van der Waals surface area contributed by atoms with Crippen LogP contribution in [0.25, 0.3) is 0 Å². The molecule has 0 spiro atoms. The number of hydrogen-bond donors (Lipinski definition) is 2. The highest BCUT2D eigenvalue weighted by Crippen LogP contribution is 2.15. The fourth-order valence-electron chi connectivity index (χ4n) is 1.87. The third-order valence-corrected chi connectivity index (χ3v) is 4.54. The number of benzene rings is 2. The van der Waals surface area contributed by atoms with Gasteiger partial charge in [-0.3, -0.25) is 14.9 Å². The molecule has 0 saturated heterocycles. The van der Waals surface area contributed by atoms with Gasteiger partial charge >= 0.3 is 0 Å². The summed E-state index contributed by atoms with van der Waals surface area (Å²) in [5.74, 6) is -0.326.